The van der Waals surface area contributed by atoms with Crippen molar-refractivity contribution in [2.45, 2.75) is 0 Å². The summed E-state index contributed by atoms with van der Waals surface area (Å²) >= 11 is 0. The van der Waals surface area contributed by atoms with Crippen LogP contribution in [0.15, 0.2) is 78.0 Å². The minimum Gasteiger partial charge on any atom is -0.484 e. The number of hydrogen-bond acceptors (Lipinski definition) is 3. The summed E-state index contributed by atoms with van der Waals surface area (Å²) in [5.74, 6) is 0.332. The van der Waals surface area contributed by atoms with Gasteiger partial charge in [-0.2, -0.15) is 5.10 Å². The smallest absolute Gasteiger partial charge is 0.277 e. The molecule has 3 aromatic rings. The van der Waals surface area contributed by atoms with Gasteiger partial charge in [0.1, 0.15) is 5.75 Å². The molecule has 0 aliphatic heterocycles. The lowest BCUT2D eigenvalue weighted by Crippen LogP contribution is -2.24. The number of nitrogens with zero attached hydrogens (tertiary/aromatic N) is 2. The molecule has 0 saturated heterocycles. The molecule has 126 valence electrons. The third-order valence-electron chi connectivity index (χ3n) is 3.70. The molecule has 0 bridgehead atoms. The molecule has 0 aliphatic rings. The molecule has 0 atom stereocenters. The molecule has 0 saturated carbocycles. The quantitative estimate of drug-likeness (QED) is 0.556. The fraction of sp³-hybridized carbons (Fsp3) is 0.100. The van der Waals surface area contributed by atoms with Gasteiger partial charge in [-0.05, 0) is 35.4 Å². The highest BCUT2D eigenvalue weighted by Crippen LogP contribution is 2.21. The van der Waals surface area contributed by atoms with Crippen molar-refractivity contribution in [2.75, 3.05) is 6.61 Å². The maximum absolute atomic E-state index is 11.8. The Morgan fingerprint density at radius 1 is 1.04 bits per heavy atom. The van der Waals surface area contributed by atoms with Gasteiger partial charge in [-0.3, -0.25) is 4.79 Å². The third kappa shape index (κ3) is 4.57. The number of nitrogens with one attached hydrogen (secondary N) is 1. The van der Waals surface area contributed by atoms with E-state index in [1.165, 1.54) is 0 Å². The zero-order valence-corrected chi connectivity index (χ0v) is 13.9. The lowest BCUT2D eigenvalue weighted by atomic mass is 10.1. The number of carbonyl (C=O) groups excluding carboxylic acids is 1. The first-order chi connectivity index (χ1) is 12.2. The van der Waals surface area contributed by atoms with E-state index in [0.717, 1.165) is 16.8 Å². The molecule has 1 amide bonds. The molecule has 5 heteroatoms. The highest BCUT2D eigenvalue weighted by Gasteiger charge is 2.02. The fourth-order valence-corrected chi connectivity index (χ4v) is 2.33. The Hall–Kier alpha value is -3.34. The zero-order chi connectivity index (χ0) is 17.5. The van der Waals surface area contributed by atoms with Crippen LogP contribution in [-0.2, 0) is 11.8 Å². The van der Waals surface area contributed by atoms with Crippen LogP contribution in [0.25, 0.3) is 11.1 Å². The van der Waals surface area contributed by atoms with E-state index in [0.29, 0.717) is 5.75 Å². The van der Waals surface area contributed by atoms with Gasteiger partial charge in [-0.15, -0.1) is 0 Å². The van der Waals surface area contributed by atoms with E-state index in [-0.39, 0.29) is 12.5 Å². The zero-order valence-electron chi connectivity index (χ0n) is 13.9. The second kappa shape index (κ2) is 7.97. The molecular weight excluding hydrogens is 314 g/mol. The van der Waals surface area contributed by atoms with Crippen LogP contribution >= 0.6 is 0 Å². The van der Waals surface area contributed by atoms with Crippen molar-refractivity contribution in [3.63, 3.8) is 0 Å². The lowest BCUT2D eigenvalue weighted by molar-refractivity contribution is -0.123. The van der Waals surface area contributed by atoms with E-state index in [4.69, 9.17) is 4.74 Å². The van der Waals surface area contributed by atoms with Crippen molar-refractivity contribution >= 4 is 12.1 Å². The summed E-state index contributed by atoms with van der Waals surface area (Å²) in [6.45, 7) is -0.0881. The fourth-order valence-electron chi connectivity index (χ4n) is 2.33. The van der Waals surface area contributed by atoms with Gasteiger partial charge in [0.15, 0.2) is 6.61 Å². The number of carbonyl (C=O) groups is 1. The molecular formula is C20H19N3O2. The van der Waals surface area contributed by atoms with Crippen molar-refractivity contribution in [1.29, 1.82) is 0 Å². The second-order valence-electron chi connectivity index (χ2n) is 5.52. The number of aromatic nitrogens is 1. The van der Waals surface area contributed by atoms with Gasteiger partial charge in [0.25, 0.3) is 5.91 Å². The van der Waals surface area contributed by atoms with Crippen LogP contribution in [0.2, 0.25) is 0 Å². The third-order valence-corrected chi connectivity index (χ3v) is 3.70. The van der Waals surface area contributed by atoms with Gasteiger partial charge in [-0.1, -0.05) is 42.5 Å². The Morgan fingerprint density at radius 3 is 2.44 bits per heavy atom. The van der Waals surface area contributed by atoms with E-state index in [2.05, 4.69) is 10.5 Å². The van der Waals surface area contributed by atoms with E-state index < -0.39 is 0 Å². The van der Waals surface area contributed by atoms with Gasteiger partial charge >= 0.3 is 0 Å². The molecule has 1 N–H and O–H groups in total. The lowest BCUT2D eigenvalue weighted by Gasteiger charge is -2.06. The summed E-state index contributed by atoms with van der Waals surface area (Å²) in [6, 6.07) is 21.5. The van der Waals surface area contributed by atoms with Crippen molar-refractivity contribution in [3.8, 4) is 16.9 Å². The molecule has 1 heterocycles. The number of ether oxygens (including phenoxy) is 1. The number of hydrazone groups is 1. The van der Waals surface area contributed by atoms with Gasteiger partial charge in [0.05, 0.1) is 11.9 Å². The highest BCUT2D eigenvalue weighted by molar-refractivity contribution is 5.81. The normalized spacial score (nSPS) is 10.8. The number of hydrogen-bond donors (Lipinski definition) is 1. The second-order valence-corrected chi connectivity index (χ2v) is 5.52. The van der Waals surface area contributed by atoms with Gasteiger partial charge in [-0.25, -0.2) is 5.43 Å². The van der Waals surface area contributed by atoms with E-state index in [9.17, 15) is 4.79 Å². The van der Waals surface area contributed by atoms with Crippen LogP contribution in [0.4, 0.5) is 0 Å². The summed E-state index contributed by atoms with van der Waals surface area (Å²) in [5, 5.41) is 3.92. The molecule has 0 fully saturated rings. The van der Waals surface area contributed by atoms with E-state index >= 15 is 0 Å². The Balaban J connectivity index is 1.49. The van der Waals surface area contributed by atoms with Gasteiger partial charge in [0, 0.05) is 13.2 Å². The standard InChI is InChI=1S/C20H19N3O2/c1-23-13-5-8-18(23)14-21-22-20(24)15-25-19-11-9-17(10-12-19)16-6-3-2-4-7-16/h2-14H,15H2,1H3,(H,22,24). The Bertz CT molecular complexity index is 852. The predicted octanol–water partition coefficient (Wildman–Crippen LogP) is 3.22. The highest BCUT2D eigenvalue weighted by atomic mass is 16.5. The predicted molar refractivity (Wildman–Crippen MR) is 98.5 cm³/mol. The van der Waals surface area contributed by atoms with Crippen molar-refractivity contribution in [2.24, 2.45) is 12.1 Å². The summed E-state index contributed by atoms with van der Waals surface area (Å²) in [6.07, 6.45) is 3.50. The molecule has 0 radical (unpaired) electrons. The maximum Gasteiger partial charge on any atom is 0.277 e. The molecule has 2 aromatic carbocycles. The minimum atomic E-state index is -0.308. The molecule has 5 nitrogen and oxygen atoms in total. The van der Waals surface area contributed by atoms with Crippen LogP contribution in [0.1, 0.15) is 5.69 Å². The van der Waals surface area contributed by atoms with Crippen LogP contribution in [0.3, 0.4) is 0 Å². The first kappa shape index (κ1) is 16.5. The largest absolute Gasteiger partial charge is 0.484 e. The summed E-state index contributed by atoms with van der Waals surface area (Å²) in [7, 11) is 1.91. The average molecular weight is 333 g/mol. The van der Waals surface area contributed by atoms with Crippen LogP contribution in [-0.4, -0.2) is 23.3 Å². The first-order valence-corrected chi connectivity index (χ1v) is 7.94. The Labute approximate surface area is 146 Å². The number of aryl methyl sites for hydroxylation is 1. The minimum absolute atomic E-state index is 0.0881. The van der Waals surface area contributed by atoms with Gasteiger partial charge in [0.2, 0.25) is 0 Å². The van der Waals surface area contributed by atoms with E-state index in [1.807, 2.05) is 84.5 Å². The Kier molecular flexibility index (Phi) is 5.26. The van der Waals surface area contributed by atoms with E-state index in [1.54, 1.807) is 6.21 Å². The van der Waals surface area contributed by atoms with Gasteiger partial charge < -0.3 is 9.30 Å². The van der Waals surface area contributed by atoms with Crippen molar-refractivity contribution < 1.29 is 9.53 Å². The van der Waals surface area contributed by atoms with Crippen LogP contribution in [0.5, 0.6) is 5.75 Å². The first-order valence-electron chi connectivity index (χ1n) is 7.94. The number of amides is 1. The average Bonchev–Trinajstić information content (AvgIpc) is 3.06. The maximum atomic E-state index is 11.8. The summed E-state index contributed by atoms with van der Waals surface area (Å²) in [4.78, 5) is 11.8. The topological polar surface area (TPSA) is 55.6 Å². The van der Waals surface area contributed by atoms with Crippen molar-refractivity contribution in [1.82, 2.24) is 9.99 Å². The molecule has 0 aliphatic carbocycles. The SMILES string of the molecule is Cn1cccc1C=NNC(=O)COc1ccc(-c2ccccc2)cc1. The molecule has 0 spiro atoms. The van der Waals surface area contributed by atoms with Crippen molar-refractivity contribution in [3.05, 3.63) is 78.6 Å². The number of rotatable bonds is 6. The molecule has 25 heavy (non-hydrogen) atoms. The molecule has 1 aromatic heterocycles. The van der Waals surface area contributed by atoms with Crippen LogP contribution in [0, 0.1) is 0 Å². The summed E-state index contributed by atoms with van der Waals surface area (Å²) < 4.78 is 7.38. The van der Waals surface area contributed by atoms with Crippen LogP contribution < -0.4 is 10.2 Å². The Morgan fingerprint density at radius 2 is 1.76 bits per heavy atom. The molecule has 3 rings (SSSR count). The summed E-state index contributed by atoms with van der Waals surface area (Å²) in [5.41, 5.74) is 5.59. The molecule has 0 unspecified atom stereocenters. The number of benzene rings is 2. The monoisotopic (exact) mass is 333 g/mol.